The van der Waals surface area contributed by atoms with Crippen LogP contribution in [0.1, 0.15) is 5.56 Å². The molecule has 0 amide bonds. The van der Waals surface area contributed by atoms with Crippen LogP contribution in [0.4, 0.5) is 0 Å². The van der Waals surface area contributed by atoms with Crippen LogP contribution in [0.5, 0.6) is 0 Å². The van der Waals surface area contributed by atoms with Crippen LogP contribution in [0.15, 0.2) is 94.7 Å². The first kappa shape index (κ1) is 18.9. The molecule has 0 unspecified atom stereocenters. The van der Waals surface area contributed by atoms with Crippen molar-refractivity contribution >= 4 is 25.8 Å². The van der Waals surface area contributed by atoms with Crippen molar-refractivity contribution in [2.24, 2.45) is 0 Å². The summed E-state index contributed by atoms with van der Waals surface area (Å²) in [6.45, 7) is 0.444. The molecule has 26 heavy (non-hydrogen) atoms. The molecule has 0 aromatic heterocycles. The van der Waals surface area contributed by atoms with Crippen molar-refractivity contribution in [3.8, 4) is 0 Å². The number of hydrogen-bond donors (Lipinski definition) is 0. The normalized spacial score (nSPS) is 11.5. The first-order valence-corrected chi connectivity index (χ1v) is 10.9. The molecule has 3 nitrogen and oxygen atoms in total. The van der Waals surface area contributed by atoms with Crippen molar-refractivity contribution in [3.63, 3.8) is 0 Å². The zero-order valence-corrected chi connectivity index (χ0v) is 16.7. The van der Waals surface area contributed by atoms with E-state index in [9.17, 15) is 0 Å². The fourth-order valence-corrected chi connectivity index (χ4v) is 5.45. The Balaban J connectivity index is 1.66. The van der Waals surface area contributed by atoms with Gasteiger partial charge in [-0.3, -0.25) is 0 Å². The molecule has 5 heteroatoms. The minimum Gasteiger partial charge on any atom is -0.373 e. The van der Waals surface area contributed by atoms with Gasteiger partial charge in [0.05, 0.1) is 6.61 Å². The zero-order valence-electron chi connectivity index (χ0n) is 14.9. The van der Waals surface area contributed by atoms with Gasteiger partial charge in [-0.25, -0.2) is 0 Å². The third-order valence-corrected chi connectivity index (χ3v) is 7.65. The van der Waals surface area contributed by atoms with E-state index in [2.05, 4.69) is 36.4 Å². The Morgan fingerprint density at radius 1 is 0.692 bits per heavy atom. The lowest BCUT2D eigenvalue weighted by Crippen LogP contribution is -2.55. The summed E-state index contributed by atoms with van der Waals surface area (Å²) in [6.07, 6.45) is 0. The molecule has 3 aromatic carbocycles. The van der Waals surface area contributed by atoms with E-state index in [0.29, 0.717) is 6.61 Å². The van der Waals surface area contributed by atoms with Gasteiger partial charge in [0.2, 0.25) is 0 Å². The molecule has 0 aliphatic rings. The minimum absolute atomic E-state index is 0.444. The van der Waals surface area contributed by atoms with Gasteiger partial charge < -0.3 is 13.3 Å². The predicted molar refractivity (Wildman–Crippen MR) is 108 cm³/mol. The van der Waals surface area contributed by atoms with E-state index < -0.39 is 8.80 Å². The summed E-state index contributed by atoms with van der Waals surface area (Å²) in [5.41, 5.74) is 1.09. The lowest BCUT2D eigenvalue weighted by molar-refractivity contribution is 0.107. The minimum atomic E-state index is -2.88. The highest BCUT2D eigenvalue weighted by atomic mass is 32.2. The highest BCUT2D eigenvalue weighted by molar-refractivity contribution is 7.99. The molecule has 0 saturated carbocycles. The molecule has 134 valence electrons. The quantitative estimate of drug-likeness (QED) is 0.537. The van der Waals surface area contributed by atoms with Crippen molar-refractivity contribution in [2.75, 3.05) is 14.2 Å². The summed E-state index contributed by atoms with van der Waals surface area (Å²) in [4.78, 5) is 2.43. The van der Waals surface area contributed by atoms with Gasteiger partial charge in [-0.15, -0.1) is 0 Å². The molecule has 0 radical (unpaired) electrons. The summed E-state index contributed by atoms with van der Waals surface area (Å²) in [6, 6.07) is 28.6. The van der Waals surface area contributed by atoms with Crippen molar-refractivity contribution in [3.05, 3.63) is 90.5 Å². The van der Waals surface area contributed by atoms with Gasteiger partial charge in [-0.05, 0) is 29.8 Å². The summed E-state index contributed by atoms with van der Waals surface area (Å²) in [5.74, 6) is 0. The molecule has 0 aliphatic carbocycles. The Kier molecular flexibility index (Phi) is 6.66. The summed E-state index contributed by atoms with van der Waals surface area (Å²) in [7, 11) is 0.400. The third-order valence-electron chi connectivity index (χ3n) is 4.00. The van der Waals surface area contributed by atoms with Crippen molar-refractivity contribution in [1.82, 2.24) is 0 Å². The molecule has 0 N–H and O–H groups in total. The van der Waals surface area contributed by atoms with Gasteiger partial charge in [0.15, 0.2) is 0 Å². The number of benzene rings is 3. The highest BCUT2D eigenvalue weighted by Gasteiger charge is 2.41. The second kappa shape index (κ2) is 9.16. The lowest BCUT2D eigenvalue weighted by atomic mass is 10.2. The van der Waals surface area contributed by atoms with Crippen LogP contribution in [0.3, 0.4) is 0 Å². The Bertz CT molecular complexity index is 791. The first-order valence-electron chi connectivity index (χ1n) is 8.37. The topological polar surface area (TPSA) is 27.7 Å². The van der Waals surface area contributed by atoms with Gasteiger partial charge in [0.25, 0.3) is 0 Å². The van der Waals surface area contributed by atoms with Gasteiger partial charge in [0.1, 0.15) is 0 Å². The Morgan fingerprint density at radius 3 is 1.81 bits per heavy atom. The van der Waals surface area contributed by atoms with Crippen LogP contribution in [0, 0.1) is 0 Å². The Morgan fingerprint density at radius 2 is 1.23 bits per heavy atom. The predicted octanol–water partition coefficient (Wildman–Crippen LogP) is 4.49. The maximum atomic E-state index is 6.15. The standard InChI is InChI=1S/C21H22O3SSi/c1-22-26(23-2,21-11-7-4-8-12-21)24-17-18-13-15-20(16-14-18)25-19-9-5-3-6-10-19/h3-16H,17H2,1-2H3. The molecule has 0 fully saturated rings. The number of hydrogen-bond acceptors (Lipinski definition) is 4. The van der Waals surface area contributed by atoms with Gasteiger partial charge >= 0.3 is 8.80 Å². The smallest absolute Gasteiger partial charge is 0.373 e. The van der Waals surface area contributed by atoms with Crippen LogP contribution >= 0.6 is 11.8 Å². The molecule has 3 rings (SSSR count). The Hall–Kier alpha value is -1.89. The summed E-state index contributed by atoms with van der Waals surface area (Å²) >= 11 is 1.74. The van der Waals surface area contributed by atoms with Gasteiger partial charge in [-0.2, -0.15) is 0 Å². The van der Waals surface area contributed by atoms with Crippen molar-refractivity contribution in [2.45, 2.75) is 16.4 Å². The third kappa shape index (κ3) is 4.63. The fourth-order valence-electron chi connectivity index (χ4n) is 2.62. The van der Waals surface area contributed by atoms with Gasteiger partial charge in [-0.1, -0.05) is 72.4 Å². The lowest BCUT2D eigenvalue weighted by Gasteiger charge is -2.26. The first-order chi connectivity index (χ1) is 12.8. The largest absolute Gasteiger partial charge is 0.536 e. The van der Waals surface area contributed by atoms with Crippen LogP contribution in [-0.2, 0) is 19.9 Å². The second-order valence-electron chi connectivity index (χ2n) is 5.68. The molecule has 0 spiro atoms. The average Bonchev–Trinajstić information content (AvgIpc) is 2.72. The zero-order chi connectivity index (χ0) is 18.2. The van der Waals surface area contributed by atoms with E-state index in [1.54, 1.807) is 26.0 Å². The number of rotatable bonds is 8. The molecular weight excluding hydrogens is 360 g/mol. The summed E-state index contributed by atoms with van der Waals surface area (Å²) in [5, 5.41) is 0.959. The maximum Gasteiger partial charge on any atom is 0.536 e. The van der Waals surface area contributed by atoms with E-state index >= 15 is 0 Å². The Labute approximate surface area is 160 Å². The molecule has 0 atom stereocenters. The van der Waals surface area contributed by atoms with E-state index in [0.717, 1.165) is 10.8 Å². The maximum absolute atomic E-state index is 6.15. The highest BCUT2D eigenvalue weighted by Crippen LogP contribution is 2.27. The molecule has 0 saturated heterocycles. The van der Waals surface area contributed by atoms with Crippen LogP contribution < -0.4 is 5.19 Å². The van der Waals surface area contributed by atoms with E-state index in [1.807, 2.05) is 48.5 Å². The average molecular weight is 383 g/mol. The second-order valence-corrected chi connectivity index (χ2v) is 9.62. The fraction of sp³-hybridized carbons (Fsp3) is 0.143. The van der Waals surface area contributed by atoms with E-state index in [1.165, 1.54) is 9.79 Å². The molecule has 0 heterocycles. The van der Waals surface area contributed by atoms with Crippen molar-refractivity contribution in [1.29, 1.82) is 0 Å². The molecular formula is C21H22O3SSi. The SMILES string of the molecule is CO[Si](OC)(OCc1ccc(Sc2ccccc2)cc1)c1ccccc1. The van der Waals surface area contributed by atoms with Crippen LogP contribution in [0.2, 0.25) is 0 Å². The molecule has 3 aromatic rings. The van der Waals surface area contributed by atoms with E-state index in [-0.39, 0.29) is 0 Å². The van der Waals surface area contributed by atoms with Crippen LogP contribution in [0.25, 0.3) is 0 Å². The van der Waals surface area contributed by atoms with Gasteiger partial charge in [0, 0.05) is 29.2 Å². The molecule has 0 aliphatic heterocycles. The van der Waals surface area contributed by atoms with Crippen LogP contribution in [-0.4, -0.2) is 23.0 Å². The monoisotopic (exact) mass is 382 g/mol. The molecule has 0 bridgehead atoms. The summed E-state index contributed by atoms with van der Waals surface area (Å²) < 4.78 is 17.5. The van der Waals surface area contributed by atoms with Crippen molar-refractivity contribution < 1.29 is 13.3 Å². The van der Waals surface area contributed by atoms with E-state index in [4.69, 9.17) is 13.3 Å².